The highest BCUT2D eigenvalue weighted by Crippen LogP contribution is 2.30. The molecule has 3 N–H and O–H groups in total. The number of carbonyl (C=O) groups excluding carboxylic acids is 1. The largest absolute Gasteiger partial charge is 0.490 e. The summed E-state index contributed by atoms with van der Waals surface area (Å²) >= 11 is 0. The van der Waals surface area contributed by atoms with Crippen molar-refractivity contribution in [2.45, 2.75) is 50.9 Å². The third kappa shape index (κ3) is 8.56. The average molecular weight is 489 g/mol. The normalized spacial score (nSPS) is 13.4. The van der Waals surface area contributed by atoms with Gasteiger partial charge in [-0.3, -0.25) is 4.79 Å². The maximum absolute atomic E-state index is 12.6. The monoisotopic (exact) mass is 488 g/mol. The summed E-state index contributed by atoms with van der Waals surface area (Å²) in [5.74, 6) is 0.510. The number of anilines is 1. The third-order valence-electron chi connectivity index (χ3n) is 5.67. The van der Waals surface area contributed by atoms with Crippen molar-refractivity contribution in [2.75, 3.05) is 18.5 Å². The maximum atomic E-state index is 12.6. The summed E-state index contributed by atoms with van der Waals surface area (Å²) in [5, 5.41) is 18.3. The average Bonchev–Trinajstić information content (AvgIpc) is 2.84. The Bertz CT molecular complexity index is 1080. The van der Waals surface area contributed by atoms with Crippen LogP contribution in [-0.2, 0) is 11.0 Å². The van der Waals surface area contributed by atoms with Crippen molar-refractivity contribution >= 4 is 22.4 Å². The van der Waals surface area contributed by atoms with Gasteiger partial charge in [0.15, 0.2) is 0 Å². The Morgan fingerprint density at radius 1 is 1.00 bits per heavy atom. The van der Waals surface area contributed by atoms with Crippen molar-refractivity contribution in [1.82, 2.24) is 5.32 Å². The molecule has 8 heteroatoms. The lowest BCUT2D eigenvalue weighted by atomic mass is 10.1. The van der Waals surface area contributed by atoms with Gasteiger partial charge in [0.2, 0.25) is 5.91 Å². The summed E-state index contributed by atoms with van der Waals surface area (Å²) < 4.78 is 43.6. The van der Waals surface area contributed by atoms with Crippen LogP contribution in [0.5, 0.6) is 5.75 Å². The van der Waals surface area contributed by atoms with Crippen LogP contribution in [0.4, 0.5) is 18.9 Å². The molecule has 2 atom stereocenters. The Morgan fingerprint density at radius 3 is 2.46 bits per heavy atom. The first-order chi connectivity index (χ1) is 16.7. The molecular formula is C27H31F3N2O3. The van der Waals surface area contributed by atoms with E-state index in [0.717, 1.165) is 41.5 Å². The first-order valence-electron chi connectivity index (χ1n) is 11.7. The van der Waals surface area contributed by atoms with Crippen LogP contribution >= 0.6 is 0 Å². The van der Waals surface area contributed by atoms with Crippen molar-refractivity contribution in [3.8, 4) is 5.75 Å². The Hall–Kier alpha value is -3.10. The molecule has 0 heterocycles. The number of aliphatic hydroxyl groups is 1. The second-order valence-electron chi connectivity index (χ2n) is 8.62. The Morgan fingerprint density at radius 2 is 1.71 bits per heavy atom. The molecule has 3 rings (SSSR count). The van der Waals surface area contributed by atoms with E-state index >= 15 is 0 Å². The second kappa shape index (κ2) is 12.6. The van der Waals surface area contributed by atoms with Crippen LogP contribution in [0.1, 0.15) is 38.2 Å². The van der Waals surface area contributed by atoms with Gasteiger partial charge in [-0.15, -0.1) is 0 Å². The minimum Gasteiger partial charge on any atom is -0.490 e. The predicted molar refractivity (Wildman–Crippen MR) is 131 cm³/mol. The highest BCUT2D eigenvalue weighted by molar-refractivity contribution is 5.90. The van der Waals surface area contributed by atoms with E-state index in [-0.39, 0.29) is 25.0 Å². The number of ether oxygens (including phenoxy) is 1. The molecule has 188 valence electrons. The van der Waals surface area contributed by atoms with Crippen LogP contribution in [0.25, 0.3) is 10.8 Å². The smallest absolute Gasteiger partial charge is 0.416 e. The lowest BCUT2D eigenvalue weighted by Crippen LogP contribution is -2.36. The summed E-state index contributed by atoms with van der Waals surface area (Å²) in [4.78, 5) is 12.0. The molecule has 0 fully saturated rings. The van der Waals surface area contributed by atoms with E-state index in [1.807, 2.05) is 49.4 Å². The summed E-state index contributed by atoms with van der Waals surface area (Å²) in [6.45, 7) is 2.58. The zero-order valence-corrected chi connectivity index (χ0v) is 19.6. The number of aliphatic hydroxyl groups excluding tert-OH is 1. The summed E-state index contributed by atoms with van der Waals surface area (Å²) in [6, 6.07) is 18.3. The van der Waals surface area contributed by atoms with Gasteiger partial charge in [0.05, 0.1) is 5.56 Å². The third-order valence-corrected chi connectivity index (χ3v) is 5.67. The number of hydrogen-bond acceptors (Lipinski definition) is 4. The van der Waals surface area contributed by atoms with E-state index in [4.69, 9.17) is 4.74 Å². The molecule has 3 aromatic carbocycles. The maximum Gasteiger partial charge on any atom is 0.416 e. The van der Waals surface area contributed by atoms with Crippen molar-refractivity contribution in [3.63, 3.8) is 0 Å². The van der Waals surface area contributed by atoms with Gasteiger partial charge in [0, 0.05) is 30.1 Å². The van der Waals surface area contributed by atoms with E-state index in [0.29, 0.717) is 18.7 Å². The predicted octanol–water partition coefficient (Wildman–Crippen LogP) is 5.78. The number of alkyl halides is 3. The van der Waals surface area contributed by atoms with Crippen molar-refractivity contribution in [3.05, 3.63) is 72.3 Å². The van der Waals surface area contributed by atoms with E-state index in [1.165, 1.54) is 12.1 Å². The molecule has 0 bridgehead atoms. The minimum absolute atomic E-state index is 0.153. The molecule has 0 saturated carbocycles. The zero-order chi connectivity index (χ0) is 25.3. The van der Waals surface area contributed by atoms with Crippen LogP contribution in [0, 0.1) is 0 Å². The van der Waals surface area contributed by atoms with Gasteiger partial charge in [-0.1, -0.05) is 42.8 Å². The van der Waals surface area contributed by atoms with E-state index in [2.05, 4.69) is 10.6 Å². The second-order valence-corrected chi connectivity index (χ2v) is 8.62. The Kier molecular flexibility index (Phi) is 9.51. The van der Waals surface area contributed by atoms with Crippen LogP contribution in [0.3, 0.4) is 0 Å². The number of nitrogens with one attached hydrogen (secondary N) is 2. The van der Waals surface area contributed by atoms with Crippen molar-refractivity contribution < 1.29 is 27.8 Å². The Labute approximate surface area is 203 Å². The van der Waals surface area contributed by atoms with Gasteiger partial charge in [0.1, 0.15) is 18.5 Å². The van der Waals surface area contributed by atoms with Crippen molar-refractivity contribution in [2.24, 2.45) is 0 Å². The van der Waals surface area contributed by atoms with Gasteiger partial charge in [-0.2, -0.15) is 13.2 Å². The molecule has 1 amide bonds. The fourth-order valence-electron chi connectivity index (χ4n) is 3.71. The summed E-state index contributed by atoms with van der Waals surface area (Å²) in [5.41, 5.74) is -0.403. The van der Waals surface area contributed by atoms with E-state index < -0.39 is 17.8 Å². The van der Waals surface area contributed by atoms with Crippen LogP contribution in [0.2, 0.25) is 0 Å². The molecule has 0 spiro atoms. The lowest BCUT2D eigenvalue weighted by molar-refractivity contribution is -0.137. The number of halogens is 3. The lowest BCUT2D eigenvalue weighted by Gasteiger charge is -2.18. The molecule has 35 heavy (non-hydrogen) atoms. The number of benzene rings is 3. The number of fused-ring (bicyclic) bond motifs is 1. The first kappa shape index (κ1) is 26.5. The van der Waals surface area contributed by atoms with E-state index in [1.54, 1.807) is 0 Å². The fraction of sp³-hybridized carbons (Fsp3) is 0.370. The summed E-state index contributed by atoms with van der Waals surface area (Å²) in [7, 11) is 0. The van der Waals surface area contributed by atoms with Gasteiger partial charge in [-0.05, 0) is 55.5 Å². The number of hydrogen-bond donors (Lipinski definition) is 3. The number of carbonyl (C=O) groups is 1. The van der Waals surface area contributed by atoms with Gasteiger partial charge in [0.25, 0.3) is 0 Å². The quantitative estimate of drug-likeness (QED) is 0.283. The standard InChI is InChI=1S/C27H31F3N2O3/c1-19(7-2-5-12-26(34)32-22-15-13-21(14-16-22)27(28,29)30)31-17-23(33)18-35-25-11-6-9-20-8-3-4-10-24(20)25/h3-4,6,8-11,13-16,19,23,31,33H,2,5,7,12,17-18H2,1H3,(H,32,34)/t19-,23-/m0/s1. The number of rotatable bonds is 12. The van der Waals surface area contributed by atoms with E-state index in [9.17, 15) is 23.1 Å². The SMILES string of the molecule is C[C@@H](CCCCC(=O)Nc1ccc(C(F)(F)F)cc1)NC[C@H](O)COc1cccc2ccccc12. The molecule has 0 aliphatic carbocycles. The Balaban J connectivity index is 1.29. The molecule has 0 saturated heterocycles. The van der Waals surface area contributed by atoms with Crippen LogP contribution in [0.15, 0.2) is 66.7 Å². The van der Waals surface area contributed by atoms with Crippen LogP contribution in [-0.4, -0.2) is 36.3 Å². The highest BCUT2D eigenvalue weighted by atomic mass is 19.4. The van der Waals surface area contributed by atoms with Gasteiger partial charge in [-0.25, -0.2) is 0 Å². The molecule has 0 aliphatic rings. The topological polar surface area (TPSA) is 70.6 Å². The van der Waals surface area contributed by atoms with Crippen molar-refractivity contribution in [1.29, 1.82) is 0 Å². The molecular weight excluding hydrogens is 457 g/mol. The molecule has 0 aliphatic heterocycles. The van der Waals surface area contributed by atoms with Crippen LogP contribution < -0.4 is 15.4 Å². The molecule has 0 unspecified atom stereocenters. The summed E-state index contributed by atoms with van der Waals surface area (Å²) in [6.07, 6.45) is -2.49. The fourth-order valence-corrected chi connectivity index (χ4v) is 3.71. The molecule has 0 radical (unpaired) electrons. The highest BCUT2D eigenvalue weighted by Gasteiger charge is 2.29. The molecule has 5 nitrogen and oxygen atoms in total. The zero-order valence-electron chi connectivity index (χ0n) is 19.6. The first-order valence-corrected chi connectivity index (χ1v) is 11.7. The molecule has 0 aromatic heterocycles. The van der Waals surface area contributed by atoms with Gasteiger partial charge < -0.3 is 20.5 Å². The minimum atomic E-state index is -4.40. The molecule has 3 aromatic rings. The van der Waals surface area contributed by atoms with Gasteiger partial charge >= 0.3 is 6.18 Å². The number of unbranched alkanes of at least 4 members (excludes halogenated alkanes) is 1. The number of amides is 1.